The van der Waals surface area contributed by atoms with Crippen LogP contribution >= 0.6 is 0 Å². The van der Waals surface area contributed by atoms with Gasteiger partial charge in [-0.25, -0.2) is 18.7 Å². The molecule has 0 radical (unpaired) electrons. The van der Waals surface area contributed by atoms with Crippen molar-refractivity contribution in [2.24, 2.45) is 0 Å². The lowest BCUT2D eigenvalue weighted by molar-refractivity contribution is 0.181. The Morgan fingerprint density at radius 1 is 1.19 bits per heavy atom. The zero-order chi connectivity index (χ0) is 15.2. The number of hydrogen-bond acceptors (Lipinski definition) is 4. The maximum atomic E-state index is 13.7. The molecule has 2 rings (SSSR count). The first-order valence-electron chi connectivity index (χ1n) is 6.66. The van der Waals surface area contributed by atoms with Crippen LogP contribution in [0.15, 0.2) is 24.3 Å². The normalized spacial score (nSPS) is 10.7. The van der Waals surface area contributed by atoms with Gasteiger partial charge in [-0.05, 0) is 18.6 Å². The highest BCUT2D eigenvalue weighted by Gasteiger charge is 2.09. The van der Waals surface area contributed by atoms with Crippen molar-refractivity contribution >= 4 is 5.82 Å². The fourth-order valence-electron chi connectivity index (χ4n) is 1.96. The zero-order valence-electron chi connectivity index (χ0n) is 12.0. The predicted octanol–water partition coefficient (Wildman–Crippen LogP) is 2.92. The van der Waals surface area contributed by atoms with Gasteiger partial charge in [0.1, 0.15) is 23.3 Å². The highest BCUT2D eigenvalue weighted by Crippen LogP contribution is 2.15. The molecule has 0 amide bonds. The van der Waals surface area contributed by atoms with Crippen molar-refractivity contribution in [1.82, 2.24) is 9.97 Å². The van der Waals surface area contributed by atoms with E-state index in [1.807, 2.05) is 6.92 Å². The molecule has 0 aliphatic rings. The first-order chi connectivity index (χ1) is 10.1. The molecule has 0 fully saturated rings. The van der Waals surface area contributed by atoms with Gasteiger partial charge in [-0.15, -0.1) is 0 Å². The molecular formula is C15H17F2N3O. The molecule has 0 aliphatic carbocycles. The molecule has 1 aromatic heterocycles. The minimum Gasteiger partial charge on any atom is -0.378 e. The molecule has 1 aromatic carbocycles. The third-order valence-electron chi connectivity index (χ3n) is 2.84. The number of nitrogens with zero attached hydrogens (tertiary/aromatic N) is 2. The van der Waals surface area contributed by atoms with Crippen LogP contribution < -0.4 is 5.32 Å². The molecule has 0 bridgehead atoms. The van der Waals surface area contributed by atoms with E-state index >= 15 is 0 Å². The quantitative estimate of drug-likeness (QED) is 0.889. The van der Waals surface area contributed by atoms with Crippen molar-refractivity contribution < 1.29 is 13.5 Å². The fourth-order valence-corrected chi connectivity index (χ4v) is 1.96. The number of halogens is 2. The Morgan fingerprint density at radius 3 is 2.67 bits per heavy atom. The van der Waals surface area contributed by atoms with Crippen LogP contribution in [0.4, 0.5) is 14.6 Å². The minimum absolute atomic E-state index is 0.196. The highest BCUT2D eigenvalue weighted by molar-refractivity contribution is 5.36. The molecule has 0 saturated carbocycles. The van der Waals surface area contributed by atoms with Gasteiger partial charge in [-0.2, -0.15) is 0 Å². The van der Waals surface area contributed by atoms with E-state index in [2.05, 4.69) is 15.3 Å². The van der Waals surface area contributed by atoms with Gasteiger partial charge in [-0.1, -0.05) is 6.07 Å². The van der Waals surface area contributed by atoms with Crippen LogP contribution in [0.1, 0.15) is 24.0 Å². The fraction of sp³-hybridized carbons (Fsp3) is 0.333. The van der Waals surface area contributed by atoms with E-state index in [1.54, 1.807) is 13.2 Å². The van der Waals surface area contributed by atoms with Gasteiger partial charge in [0, 0.05) is 32.2 Å². The number of methoxy groups -OCH3 is 1. The van der Waals surface area contributed by atoms with Crippen LogP contribution in [0, 0.1) is 11.6 Å². The van der Waals surface area contributed by atoms with Gasteiger partial charge in [0.2, 0.25) is 0 Å². The molecule has 1 heterocycles. The van der Waals surface area contributed by atoms with Crippen LogP contribution in [0.2, 0.25) is 0 Å². The summed E-state index contributed by atoms with van der Waals surface area (Å²) >= 11 is 0. The summed E-state index contributed by atoms with van der Waals surface area (Å²) in [6.45, 7) is 3.02. The summed E-state index contributed by atoms with van der Waals surface area (Å²) in [6.07, 6.45) is 0.196. The van der Waals surface area contributed by atoms with E-state index in [4.69, 9.17) is 4.74 Å². The van der Waals surface area contributed by atoms with E-state index in [1.165, 1.54) is 12.1 Å². The Bertz CT molecular complexity index is 596. The second-order valence-electron chi connectivity index (χ2n) is 4.54. The standard InChI is InChI=1S/C15H17F2N3O/c1-3-18-14-8-12(9-21-2)19-15(20-14)6-10-4-5-11(16)7-13(10)17/h4-5,7-8H,3,6,9H2,1-2H3,(H,18,19,20). The summed E-state index contributed by atoms with van der Waals surface area (Å²) in [5.74, 6) is -0.0672. The third-order valence-corrected chi connectivity index (χ3v) is 2.84. The highest BCUT2D eigenvalue weighted by atomic mass is 19.1. The summed E-state index contributed by atoms with van der Waals surface area (Å²) < 4.78 is 31.7. The van der Waals surface area contributed by atoms with E-state index in [0.717, 1.165) is 6.07 Å². The molecule has 0 saturated heterocycles. The van der Waals surface area contributed by atoms with Gasteiger partial charge in [-0.3, -0.25) is 0 Å². The predicted molar refractivity (Wildman–Crippen MR) is 76.1 cm³/mol. The van der Waals surface area contributed by atoms with E-state index < -0.39 is 11.6 Å². The number of anilines is 1. The molecule has 112 valence electrons. The lowest BCUT2D eigenvalue weighted by atomic mass is 10.1. The monoisotopic (exact) mass is 293 g/mol. The number of hydrogen-bond donors (Lipinski definition) is 1. The van der Waals surface area contributed by atoms with Crippen LogP contribution in [0.3, 0.4) is 0 Å². The lowest BCUT2D eigenvalue weighted by Crippen LogP contribution is -2.08. The van der Waals surface area contributed by atoms with E-state index in [0.29, 0.717) is 36.1 Å². The van der Waals surface area contributed by atoms with Gasteiger partial charge < -0.3 is 10.1 Å². The second-order valence-corrected chi connectivity index (χ2v) is 4.54. The summed E-state index contributed by atoms with van der Waals surface area (Å²) in [7, 11) is 1.58. The average Bonchev–Trinajstić information content (AvgIpc) is 2.42. The van der Waals surface area contributed by atoms with Gasteiger partial charge in [0.25, 0.3) is 0 Å². The minimum atomic E-state index is -0.598. The Hall–Kier alpha value is -2.08. The van der Waals surface area contributed by atoms with Crippen molar-refractivity contribution in [2.75, 3.05) is 19.0 Å². The van der Waals surface area contributed by atoms with E-state index in [9.17, 15) is 8.78 Å². The molecule has 0 unspecified atom stereocenters. The second kappa shape index (κ2) is 7.08. The first-order valence-corrected chi connectivity index (χ1v) is 6.66. The van der Waals surface area contributed by atoms with Crippen LogP contribution in [0.5, 0.6) is 0 Å². The Labute approximate surface area is 122 Å². The summed E-state index contributed by atoms with van der Waals surface area (Å²) in [4.78, 5) is 8.65. The van der Waals surface area contributed by atoms with Crippen molar-refractivity contribution in [2.45, 2.75) is 20.0 Å². The summed E-state index contributed by atoms with van der Waals surface area (Å²) in [5, 5.41) is 3.10. The lowest BCUT2D eigenvalue weighted by Gasteiger charge is -2.09. The van der Waals surface area contributed by atoms with E-state index in [-0.39, 0.29) is 6.42 Å². The Balaban J connectivity index is 2.29. The Kier molecular flexibility index (Phi) is 5.16. The number of rotatable bonds is 6. The maximum absolute atomic E-state index is 13.7. The van der Waals surface area contributed by atoms with Crippen LogP contribution in [0.25, 0.3) is 0 Å². The van der Waals surface area contributed by atoms with Crippen molar-refractivity contribution in [3.63, 3.8) is 0 Å². The number of nitrogens with one attached hydrogen (secondary N) is 1. The maximum Gasteiger partial charge on any atom is 0.135 e. The number of ether oxygens (including phenoxy) is 1. The number of aromatic nitrogens is 2. The first kappa shape index (κ1) is 15.3. The molecule has 4 nitrogen and oxygen atoms in total. The van der Waals surface area contributed by atoms with Crippen LogP contribution in [-0.4, -0.2) is 23.6 Å². The van der Waals surface area contributed by atoms with Gasteiger partial charge in [0.15, 0.2) is 0 Å². The average molecular weight is 293 g/mol. The van der Waals surface area contributed by atoms with Crippen molar-refractivity contribution in [1.29, 1.82) is 0 Å². The molecule has 1 N–H and O–H groups in total. The third kappa shape index (κ3) is 4.19. The summed E-state index contributed by atoms with van der Waals surface area (Å²) in [6, 6.07) is 5.28. The molecule has 2 aromatic rings. The topological polar surface area (TPSA) is 47.0 Å². The Morgan fingerprint density at radius 2 is 2.00 bits per heavy atom. The molecule has 0 spiro atoms. The van der Waals surface area contributed by atoms with Gasteiger partial charge >= 0.3 is 0 Å². The molecular weight excluding hydrogens is 276 g/mol. The SMILES string of the molecule is CCNc1cc(COC)nc(Cc2ccc(F)cc2F)n1. The molecule has 0 aliphatic heterocycles. The van der Waals surface area contributed by atoms with Gasteiger partial charge in [0.05, 0.1) is 12.3 Å². The molecule has 0 atom stereocenters. The smallest absolute Gasteiger partial charge is 0.135 e. The number of benzene rings is 1. The summed E-state index contributed by atoms with van der Waals surface area (Å²) in [5.41, 5.74) is 1.06. The largest absolute Gasteiger partial charge is 0.378 e. The molecule has 6 heteroatoms. The zero-order valence-corrected chi connectivity index (χ0v) is 12.0. The van der Waals surface area contributed by atoms with Crippen LogP contribution in [-0.2, 0) is 17.8 Å². The van der Waals surface area contributed by atoms with Crippen molar-refractivity contribution in [3.8, 4) is 0 Å². The molecule has 21 heavy (non-hydrogen) atoms. The van der Waals surface area contributed by atoms with Crippen molar-refractivity contribution in [3.05, 3.63) is 53.0 Å².